The van der Waals surface area contributed by atoms with E-state index in [1.807, 2.05) is 7.05 Å². The minimum atomic E-state index is -4.69. The van der Waals surface area contributed by atoms with Crippen molar-refractivity contribution >= 4 is 23.0 Å². The third-order valence-corrected chi connectivity index (χ3v) is 7.43. The third-order valence-electron chi connectivity index (χ3n) is 3.69. The first-order valence-corrected chi connectivity index (χ1v) is 10.7. The Hall–Kier alpha value is -1.98. The number of halogens is 1. The zero-order valence-electron chi connectivity index (χ0n) is 14.1. The first-order valence-electron chi connectivity index (χ1n) is 7.68. The number of rotatable bonds is 3. The van der Waals surface area contributed by atoms with E-state index in [0.717, 1.165) is 0 Å². The molecular weight excluding hydrogens is 373 g/mol. The molecule has 0 heterocycles. The number of hydrogen-bond acceptors (Lipinski definition) is 5. The molecule has 0 fully saturated rings. The molecule has 136 valence electrons. The van der Waals surface area contributed by atoms with Crippen LogP contribution in [0.2, 0.25) is 0 Å². The zero-order valence-corrected chi connectivity index (χ0v) is 15.8. The van der Waals surface area contributed by atoms with E-state index in [2.05, 4.69) is 91.0 Å². The van der Waals surface area contributed by atoms with Crippen LogP contribution in [0.5, 0.6) is 0 Å². The van der Waals surface area contributed by atoms with Crippen molar-refractivity contribution in [3.8, 4) is 0 Å². The molecule has 0 amide bonds. The van der Waals surface area contributed by atoms with E-state index in [-0.39, 0.29) is 0 Å². The summed E-state index contributed by atoms with van der Waals surface area (Å²) >= 11 is 0. The van der Waals surface area contributed by atoms with Crippen molar-refractivity contribution in [1.29, 1.82) is 0 Å². The lowest BCUT2D eigenvalue weighted by Gasteiger charge is -2.26. The highest BCUT2D eigenvalue weighted by molar-refractivity contribution is 7.87. The van der Waals surface area contributed by atoms with Crippen molar-refractivity contribution in [2.45, 2.75) is 0 Å². The summed E-state index contributed by atoms with van der Waals surface area (Å²) in [5.41, 5.74) is 0. The summed E-state index contributed by atoms with van der Waals surface area (Å²) in [5.74, 6) is 0. The molecular formula is C19H19ClNO4P. The lowest BCUT2D eigenvalue weighted by molar-refractivity contribution is -1.92. The highest BCUT2D eigenvalue weighted by Gasteiger charge is 2.25. The van der Waals surface area contributed by atoms with E-state index in [0.29, 0.717) is 0 Å². The second kappa shape index (κ2) is 9.10. The molecule has 0 aliphatic carbocycles. The summed E-state index contributed by atoms with van der Waals surface area (Å²) < 4.78 is 37.7. The normalized spacial score (nSPS) is 11.3. The van der Waals surface area contributed by atoms with Gasteiger partial charge in [0, 0.05) is 23.0 Å². The molecule has 1 N–H and O–H groups in total. The van der Waals surface area contributed by atoms with Crippen LogP contribution in [0.4, 0.5) is 0 Å². The number of nitrogens with zero attached hydrogens (tertiary/aromatic N) is 1. The average Bonchev–Trinajstić information content (AvgIpc) is 2.64. The standard InChI is InChI=1S/C19H18NP.ClHO4/c1-20-21(17-11-5-2-6-12-17,18-13-7-3-8-14-18)19-15-9-4-10-16-19;2-1(3,4)5/h2-16H,1H3;(H,2,3,4,5). The van der Waals surface area contributed by atoms with Gasteiger partial charge >= 0.3 is 0 Å². The molecule has 0 aromatic heterocycles. The van der Waals surface area contributed by atoms with Gasteiger partial charge in [-0.2, -0.15) is 14.0 Å². The van der Waals surface area contributed by atoms with E-state index < -0.39 is 17.3 Å². The summed E-state index contributed by atoms with van der Waals surface area (Å²) in [7, 11) is -4.66. The molecule has 0 unspecified atom stereocenters. The quantitative estimate of drug-likeness (QED) is 0.617. The number of benzene rings is 3. The molecule has 0 saturated carbocycles. The van der Waals surface area contributed by atoms with Crippen LogP contribution < -0.4 is 29.9 Å². The SMILES string of the molecule is CN=P(c1ccccc1)(c1ccccc1)c1ccccc1.[O-][Cl+3]([O-])([O-])O. The summed E-state index contributed by atoms with van der Waals surface area (Å²) in [6, 6.07) is 31.9. The van der Waals surface area contributed by atoms with E-state index in [1.165, 1.54) is 15.9 Å². The molecule has 3 aromatic carbocycles. The Morgan fingerprint density at radius 3 is 1.08 bits per heavy atom. The highest BCUT2D eigenvalue weighted by Crippen LogP contribution is 2.45. The smallest absolute Gasteiger partial charge is 0.0777 e. The Morgan fingerprint density at radius 1 is 0.654 bits per heavy atom. The van der Waals surface area contributed by atoms with Crippen LogP contribution in [0, 0.1) is 10.2 Å². The van der Waals surface area contributed by atoms with Crippen LogP contribution in [0.15, 0.2) is 95.7 Å². The summed E-state index contributed by atoms with van der Waals surface area (Å²) in [6.45, 7) is 0. The van der Waals surface area contributed by atoms with Gasteiger partial charge in [-0.15, -0.1) is 0 Å². The van der Waals surface area contributed by atoms with E-state index in [4.69, 9.17) is 23.4 Å². The van der Waals surface area contributed by atoms with Crippen LogP contribution in [-0.2, 0) is 0 Å². The zero-order chi connectivity index (χ0) is 19.0. The maximum atomic E-state index is 8.60. The van der Waals surface area contributed by atoms with E-state index in [1.54, 1.807) is 0 Å². The van der Waals surface area contributed by atoms with Gasteiger partial charge in [-0.05, 0) is 0 Å². The van der Waals surface area contributed by atoms with Gasteiger partial charge in [0.2, 0.25) is 0 Å². The van der Waals surface area contributed by atoms with Crippen molar-refractivity contribution in [3.63, 3.8) is 0 Å². The molecule has 0 bridgehead atoms. The summed E-state index contributed by atoms with van der Waals surface area (Å²) in [5, 5.41) is 3.89. The van der Waals surface area contributed by atoms with Gasteiger partial charge in [0.05, 0.1) is 22.0 Å². The molecule has 26 heavy (non-hydrogen) atoms. The summed E-state index contributed by atoms with van der Waals surface area (Å²) in [4.78, 5) is 0. The summed E-state index contributed by atoms with van der Waals surface area (Å²) in [6.07, 6.45) is 0. The molecule has 3 aromatic rings. The molecule has 0 spiro atoms. The Bertz CT molecular complexity index is 744. The third kappa shape index (κ3) is 5.26. The van der Waals surface area contributed by atoms with Crippen molar-refractivity contribution < 1.29 is 28.9 Å². The van der Waals surface area contributed by atoms with Gasteiger partial charge in [-0.3, -0.25) is 4.74 Å². The van der Waals surface area contributed by atoms with Crippen molar-refractivity contribution in [2.24, 2.45) is 4.74 Å². The fourth-order valence-electron chi connectivity index (χ4n) is 2.72. The first kappa shape index (κ1) is 20.3. The molecule has 0 radical (unpaired) electrons. The molecule has 0 saturated heterocycles. The van der Waals surface area contributed by atoms with Gasteiger partial charge in [0.1, 0.15) is 0 Å². The second-order valence-electron chi connectivity index (χ2n) is 5.24. The predicted octanol–water partition coefficient (Wildman–Crippen LogP) is -0.330. The lowest BCUT2D eigenvalue weighted by atomic mass is 10.4. The van der Waals surface area contributed by atoms with Crippen LogP contribution in [-0.4, -0.2) is 11.7 Å². The van der Waals surface area contributed by atoms with Gasteiger partial charge in [0.25, 0.3) is 0 Å². The highest BCUT2D eigenvalue weighted by atomic mass is 35.7. The van der Waals surface area contributed by atoms with Crippen LogP contribution in [0.25, 0.3) is 0 Å². The molecule has 0 aliphatic heterocycles. The fourth-order valence-corrected chi connectivity index (χ4v) is 6.12. The molecule has 7 heteroatoms. The minimum absolute atomic E-state index is 1.30. The van der Waals surface area contributed by atoms with Crippen molar-refractivity contribution in [3.05, 3.63) is 91.0 Å². The van der Waals surface area contributed by atoms with Crippen molar-refractivity contribution in [2.75, 3.05) is 7.05 Å². The first-order chi connectivity index (χ1) is 12.4. The Kier molecular flexibility index (Phi) is 7.12. The molecule has 3 rings (SSSR count). The van der Waals surface area contributed by atoms with Crippen molar-refractivity contribution in [1.82, 2.24) is 0 Å². The maximum Gasteiger partial charge on any atom is 0.0777 e. The fraction of sp³-hybridized carbons (Fsp3) is 0.0526. The van der Waals surface area contributed by atoms with E-state index >= 15 is 0 Å². The van der Waals surface area contributed by atoms with Gasteiger partial charge in [-0.25, -0.2) is 0 Å². The maximum absolute atomic E-state index is 8.60. The van der Waals surface area contributed by atoms with E-state index in [9.17, 15) is 0 Å². The molecule has 5 nitrogen and oxygen atoms in total. The Morgan fingerprint density at radius 2 is 0.885 bits per heavy atom. The minimum Gasteiger partial charge on any atom is -0.293 e. The van der Waals surface area contributed by atoms with Gasteiger partial charge < -0.3 is 0 Å². The topological polar surface area (TPSA) is 102 Å². The Balaban J connectivity index is 0.000000431. The van der Waals surface area contributed by atoms with Gasteiger partial charge in [0.15, 0.2) is 0 Å². The Labute approximate surface area is 155 Å². The van der Waals surface area contributed by atoms with Crippen LogP contribution in [0.3, 0.4) is 0 Å². The van der Waals surface area contributed by atoms with Crippen LogP contribution in [0.1, 0.15) is 0 Å². The largest absolute Gasteiger partial charge is 0.293 e. The molecule has 0 aliphatic rings. The second-order valence-corrected chi connectivity index (χ2v) is 9.25. The van der Waals surface area contributed by atoms with Gasteiger partial charge in [-0.1, -0.05) is 91.0 Å². The monoisotopic (exact) mass is 391 g/mol. The predicted molar refractivity (Wildman–Crippen MR) is 95.7 cm³/mol. The molecule has 0 atom stereocenters. The lowest BCUT2D eigenvalue weighted by Crippen LogP contribution is -2.58. The average molecular weight is 392 g/mol. The number of hydrogen-bond donors (Lipinski definition) is 1. The van der Waals surface area contributed by atoms with Crippen LogP contribution >= 0.6 is 7.05 Å².